The molecule has 133 valence electrons. The van der Waals surface area contributed by atoms with Gasteiger partial charge >= 0.3 is 22.4 Å². The molecule has 1 aliphatic rings. The summed E-state index contributed by atoms with van der Waals surface area (Å²) in [5.41, 5.74) is 1.45. The third kappa shape index (κ3) is 6.87. The summed E-state index contributed by atoms with van der Waals surface area (Å²) in [6.07, 6.45) is 4.35. The molecule has 0 saturated heterocycles. The van der Waals surface area contributed by atoms with E-state index in [1.165, 1.54) is 5.56 Å². The van der Waals surface area contributed by atoms with Crippen LogP contribution in [0.1, 0.15) is 52.5 Å². The zero-order valence-corrected chi connectivity index (χ0v) is 18.6. The number of benzene rings is 1. The molecule has 2 rings (SSSR count). The molecule has 1 radical (unpaired) electrons. The first-order chi connectivity index (χ1) is 9.67. The van der Waals surface area contributed by atoms with Crippen molar-refractivity contribution in [1.29, 1.82) is 0 Å². The molecular weight excluding hydrogens is 464 g/mol. The summed E-state index contributed by atoms with van der Waals surface area (Å²) >= 11 is 1.98. The Morgan fingerprint density at radius 2 is 1.48 bits per heavy atom. The third-order valence-corrected chi connectivity index (χ3v) is 4.70. The van der Waals surface area contributed by atoms with Gasteiger partial charge in [-0.1, -0.05) is 51.1 Å². The molecule has 0 N–H and O–H groups in total. The fraction of sp³-hybridized carbons (Fsp3) is 0.500. The molecule has 0 aliphatic carbocycles. The van der Waals surface area contributed by atoms with Crippen molar-refractivity contribution < 1.29 is 39.4 Å². The number of nitrogens with zero attached hydrogens (tertiary/aromatic N) is 2. The predicted molar refractivity (Wildman–Crippen MR) is 93.4 cm³/mol. The quantitative estimate of drug-likeness (QED) is 0.600. The molecule has 0 amide bonds. The van der Waals surface area contributed by atoms with Crippen molar-refractivity contribution in [2.45, 2.75) is 57.2 Å². The van der Waals surface area contributed by atoms with Crippen LogP contribution in [0.25, 0.3) is 0 Å². The zero-order chi connectivity index (χ0) is 15.7. The molecule has 23 heavy (non-hydrogen) atoms. The SMILES string of the molecule is CC(C)(C)SC(c1ccccc1)N1[CH]N(C(C)(C)C)C=C1.[Ag+].[Br-]. The average molecular weight is 491 g/mol. The average Bonchev–Trinajstić information content (AvgIpc) is 2.85. The van der Waals surface area contributed by atoms with Crippen molar-refractivity contribution in [2.24, 2.45) is 0 Å². The second kappa shape index (κ2) is 9.00. The topological polar surface area (TPSA) is 6.48 Å². The van der Waals surface area contributed by atoms with Gasteiger partial charge in [0, 0.05) is 22.7 Å². The number of hydrogen-bond acceptors (Lipinski definition) is 3. The van der Waals surface area contributed by atoms with E-state index < -0.39 is 0 Å². The normalized spacial score (nSPS) is 15.9. The summed E-state index contributed by atoms with van der Waals surface area (Å²) in [7, 11) is 0. The van der Waals surface area contributed by atoms with Crippen LogP contribution in [0.3, 0.4) is 0 Å². The molecule has 2 nitrogen and oxygen atoms in total. The van der Waals surface area contributed by atoms with E-state index in [9.17, 15) is 0 Å². The Kier molecular flexibility index (Phi) is 9.05. The molecule has 1 aromatic carbocycles. The van der Waals surface area contributed by atoms with Crippen LogP contribution in [-0.4, -0.2) is 20.1 Å². The summed E-state index contributed by atoms with van der Waals surface area (Å²) in [4.78, 5) is 4.59. The van der Waals surface area contributed by atoms with Gasteiger partial charge < -0.3 is 26.8 Å². The number of rotatable bonds is 3. The minimum atomic E-state index is 0. The molecule has 0 saturated carbocycles. The molecule has 5 heteroatoms. The molecule has 1 aliphatic heterocycles. The first kappa shape index (κ1) is 23.1. The summed E-state index contributed by atoms with van der Waals surface area (Å²) < 4.78 is 0.206. The molecule has 0 spiro atoms. The summed E-state index contributed by atoms with van der Waals surface area (Å²) in [5.74, 6) is 0. The Morgan fingerprint density at radius 1 is 0.913 bits per heavy atom. The van der Waals surface area contributed by atoms with Gasteiger partial charge in [-0.2, -0.15) is 0 Å². The van der Waals surface area contributed by atoms with E-state index in [0.717, 1.165) is 0 Å². The number of hydrogen-bond donors (Lipinski definition) is 0. The van der Waals surface area contributed by atoms with Gasteiger partial charge in [0.05, 0.1) is 0 Å². The van der Waals surface area contributed by atoms with Crippen molar-refractivity contribution in [2.75, 3.05) is 0 Å². The van der Waals surface area contributed by atoms with Crippen molar-refractivity contribution in [3.63, 3.8) is 0 Å². The fourth-order valence-corrected chi connectivity index (χ4v) is 3.37. The number of thioether (sulfide) groups is 1. The zero-order valence-electron chi connectivity index (χ0n) is 14.7. The molecule has 1 unspecified atom stereocenters. The van der Waals surface area contributed by atoms with Gasteiger partial charge in [0.1, 0.15) is 12.0 Å². The summed E-state index contributed by atoms with van der Waals surface area (Å²) in [6, 6.07) is 10.7. The van der Waals surface area contributed by atoms with Crippen molar-refractivity contribution in [3.8, 4) is 0 Å². The van der Waals surface area contributed by atoms with Crippen LogP contribution in [0.2, 0.25) is 0 Å². The van der Waals surface area contributed by atoms with Gasteiger partial charge in [-0.3, -0.25) is 0 Å². The van der Waals surface area contributed by atoms with Gasteiger partial charge in [0.25, 0.3) is 0 Å². The van der Waals surface area contributed by atoms with E-state index in [0.29, 0.717) is 5.37 Å². The Labute approximate surface area is 172 Å². The molecular formula is C18H27AgBrN2S. The summed E-state index contributed by atoms with van der Waals surface area (Å²) in [6.45, 7) is 15.7. The molecule has 1 aromatic rings. The Balaban J connectivity index is 0.00000242. The van der Waals surface area contributed by atoms with E-state index in [-0.39, 0.29) is 49.6 Å². The van der Waals surface area contributed by atoms with Crippen molar-refractivity contribution in [3.05, 3.63) is 55.0 Å². The largest absolute Gasteiger partial charge is 1.00 e. The van der Waals surface area contributed by atoms with Gasteiger partial charge in [-0.15, -0.1) is 11.8 Å². The van der Waals surface area contributed by atoms with E-state index in [2.05, 4.69) is 101 Å². The van der Waals surface area contributed by atoms with Crippen LogP contribution in [0.5, 0.6) is 0 Å². The van der Waals surface area contributed by atoms with E-state index in [4.69, 9.17) is 0 Å². The minimum absolute atomic E-state index is 0. The Hall–Kier alpha value is 0.130. The van der Waals surface area contributed by atoms with E-state index in [1.54, 1.807) is 0 Å². The number of halogens is 1. The maximum atomic E-state index is 2.32. The summed E-state index contributed by atoms with van der Waals surface area (Å²) in [5, 5.41) is 0.301. The standard InChI is InChI=1S/C18H27N2S.Ag.BrH/c1-17(2,3)20-13-12-19(14-20)16(21-18(4,5)6)15-10-8-7-9-11-15;;/h7-14,16H,1-6H3;;1H/q;+1;/p-1. The van der Waals surface area contributed by atoms with Gasteiger partial charge in [-0.05, 0) is 26.3 Å². The van der Waals surface area contributed by atoms with Crippen LogP contribution in [0.15, 0.2) is 42.7 Å². The maximum Gasteiger partial charge on any atom is 1.00 e. The van der Waals surface area contributed by atoms with E-state index in [1.807, 2.05) is 11.8 Å². The van der Waals surface area contributed by atoms with Crippen LogP contribution in [-0.2, 0) is 22.4 Å². The minimum Gasteiger partial charge on any atom is -1.00 e. The molecule has 1 atom stereocenters. The first-order valence-electron chi connectivity index (χ1n) is 7.49. The third-order valence-electron chi connectivity index (χ3n) is 3.25. The van der Waals surface area contributed by atoms with Gasteiger partial charge in [0.15, 0.2) is 0 Å². The second-order valence-electron chi connectivity index (χ2n) is 7.43. The van der Waals surface area contributed by atoms with E-state index >= 15 is 0 Å². The predicted octanol–water partition coefficient (Wildman–Crippen LogP) is 2.22. The first-order valence-corrected chi connectivity index (χ1v) is 8.37. The molecule has 0 bridgehead atoms. The molecule has 0 aromatic heterocycles. The molecule has 0 fully saturated rings. The smallest absolute Gasteiger partial charge is 1.00 e. The van der Waals surface area contributed by atoms with Gasteiger partial charge in [0.2, 0.25) is 0 Å². The van der Waals surface area contributed by atoms with Gasteiger partial charge in [-0.25, -0.2) is 0 Å². The molecule has 1 heterocycles. The van der Waals surface area contributed by atoms with Crippen LogP contribution in [0.4, 0.5) is 0 Å². The Morgan fingerprint density at radius 3 is 1.91 bits per heavy atom. The second-order valence-corrected chi connectivity index (χ2v) is 9.34. The Bertz CT molecular complexity index is 494. The van der Waals surface area contributed by atoms with Crippen LogP contribution in [0, 0.1) is 6.67 Å². The maximum absolute atomic E-state index is 2.32. The van der Waals surface area contributed by atoms with Crippen LogP contribution < -0.4 is 17.0 Å². The van der Waals surface area contributed by atoms with Crippen LogP contribution >= 0.6 is 11.8 Å². The fourth-order valence-electron chi connectivity index (χ4n) is 2.16. The monoisotopic (exact) mass is 489 g/mol. The van der Waals surface area contributed by atoms with Crippen molar-refractivity contribution in [1.82, 2.24) is 9.80 Å². The van der Waals surface area contributed by atoms with Crippen molar-refractivity contribution >= 4 is 11.8 Å².